The van der Waals surface area contributed by atoms with Crippen LogP contribution in [0.25, 0.3) is 5.69 Å². The first-order chi connectivity index (χ1) is 9.78. The van der Waals surface area contributed by atoms with Gasteiger partial charge in [-0.05, 0) is 50.2 Å². The van der Waals surface area contributed by atoms with Gasteiger partial charge in [-0.3, -0.25) is 4.79 Å². The minimum Gasteiger partial charge on any atom is -0.343 e. The maximum absolute atomic E-state index is 12.1. The van der Waals surface area contributed by atoms with Gasteiger partial charge in [-0.2, -0.15) is 13.2 Å². The summed E-state index contributed by atoms with van der Waals surface area (Å²) in [5, 5.41) is 1.85. The van der Waals surface area contributed by atoms with E-state index in [0.29, 0.717) is 0 Å². The number of amides is 1. The normalized spacial score (nSPS) is 11.5. The molecule has 112 valence electrons. The van der Waals surface area contributed by atoms with Crippen molar-refractivity contribution in [1.29, 1.82) is 0 Å². The molecule has 0 saturated carbocycles. The molecule has 3 nitrogen and oxygen atoms in total. The number of hydrogen-bond donors (Lipinski definition) is 1. The number of hydrogen-bond acceptors (Lipinski definition) is 1. The summed E-state index contributed by atoms with van der Waals surface area (Å²) in [5.41, 5.74) is 3.15. The average molecular weight is 296 g/mol. The van der Waals surface area contributed by atoms with Crippen LogP contribution in [0.5, 0.6) is 0 Å². The minimum absolute atomic E-state index is 0.200. The fourth-order valence-electron chi connectivity index (χ4n) is 2.12. The van der Waals surface area contributed by atoms with Gasteiger partial charge in [0.2, 0.25) is 0 Å². The Morgan fingerprint density at radius 1 is 1.05 bits per heavy atom. The third kappa shape index (κ3) is 3.65. The molecule has 21 heavy (non-hydrogen) atoms. The Balaban J connectivity index is 2.14. The molecule has 1 N–H and O–H groups in total. The largest absolute Gasteiger partial charge is 0.405 e. The summed E-state index contributed by atoms with van der Waals surface area (Å²) >= 11 is 0. The van der Waals surface area contributed by atoms with Crippen molar-refractivity contribution in [2.24, 2.45) is 0 Å². The number of alkyl halides is 3. The summed E-state index contributed by atoms with van der Waals surface area (Å²) in [6, 6.07) is 10.4. The molecule has 0 bridgehead atoms. The van der Waals surface area contributed by atoms with Crippen LogP contribution < -0.4 is 5.32 Å². The zero-order valence-corrected chi connectivity index (χ0v) is 11.7. The lowest BCUT2D eigenvalue weighted by molar-refractivity contribution is -0.123. The van der Waals surface area contributed by atoms with Gasteiger partial charge in [-0.1, -0.05) is 0 Å². The van der Waals surface area contributed by atoms with Crippen LogP contribution >= 0.6 is 0 Å². The number of halogens is 3. The Kier molecular flexibility index (Phi) is 4.06. The SMILES string of the molecule is Cc1ccc(C)n1-c1ccc(C(=O)NCC(F)(F)F)cc1. The standard InChI is InChI=1S/C15H15F3N2O/c1-10-3-4-11(2)20(10)13-7-5-12(6-8-13)14(21)19-9-15(16,17)18/h3-8H,9H2,1-2H3,(H,19,21). The molecule has 1 amide bonds. The molecule has 0 atom stereocenters. The quantitative estimate of drug-likeness (QED) is 0.925. The van der Waals surface area contributed by atoms with Crippen molar-refractivity contribution in [3.05, 3.63) is 53.3 Å². The van der Waals surface area contributed by atoms with Gasteiger partial charge < -0.3 is 9.88 Å². The minimum atomic E-state index is -4.41. The number of nitrogens with zero attached hydrogens (tertiary/aromatic N) is 1. The maximum atomic E-state index is 12.1. The number of carbonyl (C=O) groups excluding carboxylic acids is 1. The summed E-state index contributed by atoms with van der Waals surface area (Å²) in [6.07, 6.45) is -4.41. The van der Waals surface area contributed by atoms with Gasteiger partial charge >= 0.3 is 6.18 Å². The van der Waals surface area contributed by atoms with Crippen LogP contribution in [0.2, 0.25) is 0 Å². The molecule has 1 heterocycles. The van der Waals surface area contributed by atoms with Crippen LogP contribution in [0.4, 0.5) is 13.2 Å². The Hall–Kier alpha value is -2.24. The second kappa shape index (κ2) is 5.63. The molecule has 0 aliphatic carbocycles. The van der Waals surface area contributed by atoms with Gasteiger partial charge in [-0.15, -0.1) is 0 Å². The topological polar surface area (TPSA) is 34.0 Å². The summed E-state index contributed by atoms with van der Waals surface area (Å²) < 4.78 is 38.2. The molecule has 0 unspecified atom stereocenters. The highest BCUT2D eigenvalue weighted by Gasteiger charge is 2.27. The molecule has 0 aliphatic heterocycles. The highest BCUT2D eigenvalue weighted by atomic mass is 19.4. The predicted octanol–water partition coefficient (Wildman–Crippen LogP) is 3.39. The van der Waals surface area contributed by atoms with E-state index in [1.165, 1.54) is 12.1 Å². The molecule has 0 fully saturated rings. The van der Waals surface area contributed by atoms with E-state index in [1.807, 2.05) is 35.9 Å². The summed E-state index contributed by atoms with van der Waals surface area (Å²) in [7, 11) is 0. The summed E-state index contributed by atoms with van der Waals surface area (Å²) in [4.78, 5) is 11.6. The van der Waals surface area contributed by atoms with E-state index in [9.17, 15) is 18.0 Å². The van der Waals surface area contributed by atoms with E-state index in [2.05, 4.69) is 0 Å². The van der Waals surface area contributed by atoms with E-state index in [-0.39, 0.29) is 5.56 Å². The van der Waals surface area contributed by atoms with Crippen molar-refractivity contribution in [3.8, 4) is 5.69 Å². The molecule has 0 saturated heterocycles. The third-order valence-electron chi connectivity index (χ3n) is 3.11. The summed E-state index contributed by atoms with van der Waals surface area (Å²) in [5.74, 6) is -0.736. The van der Waals surface area contributed by atoms with E-state index in [0.717, 1.165) is 17.1 Å². The number of carbonyl (C=O) groups is 1. The van der Waals surface area contributed by atoms with Gasteiger partial charge in [0.15, 0.2) is 0 Å². The van der Waals surface area contributed by atoms with Gasteiger partial charge in [0.25, 0.3) is 5.91 Å². The fraction of sp³-hybridized carbons (Fsp3) is 0.267. The average Bonchev–Trinajstić information content (AvgIpc) is 2.75. The Morgan fingerprint density at radius 3 is 2.05 bits per heavy atom. The fourth-order valence-corrected chi connectivity index (χ4v) is 2.12. The molecule has 6 heteroatoms. The number of benzene rings is 1. The summed E-state index contributed by atoms with van der Waals surface area (Å²) in [6.45, 7) is 2.58. The van der Waals surface area contributed by atoms with Gasteiger partial charge in [0, 0.05) is 22.6 Å². The Bertz CT molecular complexity index is 622. The van der Waals surface area contributed by atoms with Gasteiger partial charge in [0.05, 0.1) is 0 Å². The van der Waals surface area contributed by atoms with Crippen LogP contribution in [-0.4, -0.2) is 23.2 Å². The van der Waals surface area contributed by atoms with E-state index in [1.54, 1.807) is 12.1 Å². The lowest BCUT2D eigenvalue weighted by atomic mass is 10.2. The third-order valence-corrected chi connectivity index (χ3v) is 3.11. The number of aromatic nitrogens is 1. The smallest absolute Gasteiger partial charge is 0.343 e. The zero-order valence-electron chi connectivity index (χ0n) is 11.7. The van der Waals surface area contributed by atoms with Gasteiger partial charge in [0.1, 0.15) is 6.54 Å². The number of rotatable bonds is 3. The first-order valence-corrected chi connectivity index (χ1v) is 6.38. The highest BCUT2D eigenvalue weighted by Crippen LogP contribution is 2.17. The van der Waals surface area contributed by atoms with Crippen LogP contribution in [0.3, 0.4) is 0 Å². The van der Waals surface area contributed by atoms with E-state index >= 15 is 0 Å². The molecule has 0 spiro atoms. The monoisotopic (exact) mass is 296 g/mol. The first kappa shape index (κ1) is 15.2. The molecule has 1 aromatic carbocycles. The Labute approximate surface area is 120 Å². The molecule has 1 aromatic heterocycles. The number of aryl methyl sites for hydroxylation is 2. The van der Waals surface area contributed by atoms with Crippen molar-refractivity contribution in [2.45, 2.75) is 20.0 Å². The first-order valence-electron chi connectivity index (χ1n) is 6.38. The zero-order chi connectivity index (χ0) is 15.6. The highest BCUT2D eigenvalue weighted by molar-refractivity contribution is 5.94. The molecule has 0 aliphatic rings. The van der Waals surface area contributed by atoms with Crippen LogP contribution in [0.15, 0.2) is 36.4 Å². The van der Waals surface area contributed by atoms with Crippen molar-refractivity contribution in [1.82, 2.24) is 9.88 Å². The van der Waals surface area contributed by atoms with Crippen molar-refractivity contribution >= 4 is 5.91 Å². The van der Waals surface area contributed by atoms with Crippen molar-refractivity contribution in [3.63, 3.8) is 0 Å². The van der Waals surface area contributed by atoms with Crippen molar-refractivity contribution in [2.75, 3.05) is 6.54 Å². The lowest BCUT2D eigenvalue weighted by Crippen LogP contribution is -2.33. The van der Waals surface area contributed by atoms with Crippen LogP contribution in [0, 0.1) is 13.8 Å². The molecule has 0 radical (unpaired) electrons. The van der Waals surface area contributed by atoms with E-state index in [4.69, 9.17) is 0 Å². The van der Waals surface area contributed by atoms with E-state index < -0.39 is 18.6 Å². The second-order valence-electron chi connectivity index (χ2n) is 4.80. The molecule has 2 rings (SSSR count). The number of nitrogens with one attached hydrogen (secondary N) is 1. The molecular weight excluding hydrogens is 281 g/mol. The molecule has 2 aromatic rings. The second-order valence-corrected chi connectivity index (χ2v) is 4.80. The Morgan fingerprint density at radius 2 is 1.57 bits per heavy atom. The van der Waals surface area contributed by atoms with Gasteiger partial charge in [-0.25, -0.2) is 0 Å². The van der Waals surface area contributed by atoms with Crippen molar-refractivity contribution < 1.29 is 18.0 Å². The molecular formula is C15H15F3N2O. The maximum Gasteiger partial charge on any atom is 0.405 e. The lowest BCUT2D eigenvalue weighted by Gasteiger charge is -2.11. The van der Waals surface area contributed by atoms with Crippen LogP contribution in [-0.2, 0) is 0 Å². The predicted molar refractivity (Wildman–Crippen MR) is 73.6 cm³/mol. The van der Waals surface area contributed by atoms with Crippen LogP contribution in [0.1, 0.15) is 21.7 Å².